The molecule has 0 radical (unpaired) electrons. The van der Waals surface area contributed by atoms with Crippen LogP contribution in [0.15, 0.2) is 42.5 Å². The Morgan fingerprint density at radius 3 is 2.05 bits per heavy atom. The van der Waals surface area contributed by atoms with E-state index in [4.69, 9.17) is 0 Å². The van der Waals surface area contributed by atoms with Crippen molar-refractivity contribution in [1.82, 2.24) is 0 Å². The van der Waals surface area contributed by atoms with Crippen LogP contribution in [0.5, 0.6) is 0 Å². The van der Waals surface area contributed by atoms with Crippen molar-refractivity contribution in [3.8, 4) is 0 Å². The fourth-order valence-corrected chi connectivity index (χ4v) is 1.99. The minimum atomic E-state index is -0.0833. The number of hydrogen-bond donors (Lipinski definition) is 2. The molecule has 1 amide bonds. The van der Waals surface area contributed by atoms with Gasteiger partial charge in [-0.15, -0.1) is 0 Å². The minimum absolute atomic E-state index is 0.0833. The lowest BCUT2D eigenvalue weighted by atomic mass is 10.1. The number of aryl methyl sites for hydroxylation is 2. The standard InChI is InChI=1S/C16H18N2O/c1-11-5-4-6-12(2)15(11)18-16(19)13-7-9-14(17-3)10-8-13/h4-10,17H,1-3H3,(H,18,19). The first-order valence-corrected chi connectivity index (χ1v) is 6.27. The maximum Gasteiger partial charge on any atom is 0.255 e. The number of carbonyl (C=O) groups excluding carboxylic acids is 1. The third-order valence-electron chi connectivity index (χ3n) is 3.16. The van der Waals surface area contributed by atoms with Gasteiger partial charge in [-0.2, -0.15) is 0 Å². The molecule has 3 heteroatoms. The summed E-state index contributed by atoms with van der Waals surface area (Å²) < 4.78 is 0. The van der Waals surface area contributed by atoms with Gasteiger partial charge in [-0.25, -0.2) is 0 Å². The fraction of sp³-hybridized carbons (Fsp3) is 0.188. The molecule has 98 valence electrons. The summed E-state index contributed by atoms with van der Waals surface area (Å²) in [5.41, 5.74) is 4.68. The molecule has 0 unspecified atom stereocenters. The van der Waals surface area contributed by atoms with Gasteiger partial charge in [-0.05, 0) is 49.2 Å². The van der Waals surface area contributed by atoms with Gasteiger partial charge in [-0.3, -0.25) is 4.79 Å². The molecule has 2 N–H and O–H groups in total. The van der Waals surface area contributed by atoms with E-state index in [0.29, 0.717) is 5.56 Å². The van der Waals surface area contributed by atoms with Crippen LogP contribution in [0.3, 0.4) is 0 Å². The normalized spacial score (nSPS) is 10.1. The summed E-state index contributed by atoms with van der Waals surface area (Å²) in [5, 5.41) is 6.00. The molecule has 0 fully saturated rings. The molecule has 2 rings (SSSR count). The lowest BCUT2D eigenvalue weighted by Gasteiger charge is -2.11. The van der Waals surface area contributed by atoms with Crippen LogP contribution in [0.25, 0.3) is 0 Å². The van der Waals surface area contributed by atoms with Crippen LogP contribution in [0.2, 0.25) is 0 Å². The highest BCUT2D eigenvalue weighted by molar-refractivity contribution is 6.05. The monoisotopic (exact) mass is 254 g/mol. The van der Waals surface area contributed by atoms with Gasteiger partial charge in [0, 0.05) is 24.0 Å². The third kappa shape index (κ3) is 2.94. The average molecular weight is 254 g/mol. The van der Waals surface area contributed by atoms with E-state index in [-0.39, 0.29) is 5.91 Å². The summed E-state index contributed by atoms with van der Waals surface area (Å²) in [6.07, 6.45) is 0. The third-order valence-corrected chi connectivity index (χ3v) is 3.16. The van der Waals surface area contributed by atoms with Crippen molar-refractivity contribution in [2.45, 2.75) is 13.8 Å². The molecular weight excluding hydrogens is 236 g/mol. The van der Waals surface area contributed by atoms with Crippen LogP contribution in [0.4, 0.5) is 11.4 Å². The van der Waals surface area contributed by atoms with E-state index in [1.54, 1.807) is 0 Å². The first-order chi connectivity index (χ1) is 9.11. The summed E-state index contributed by atoms with van der Waals surface area (Å²) in [6.45, 7) is 3.99. The number of amides is 1. The molecule has 0 aliphatic carbocycles. The van der Waals surface area contributed by atoms with Gasteiger partial charge in [0.15, 0.2) is 0 Å². The lowest BCUT2D eigenvalue weighted by molar-refractivity contribution is 0.102. The van der Waals surface area contributed by atoms with Gasteiger partial charge in [-0.1, -0.05) is 18.2 Å². The Hall–Kier alpha value is -2.29. The number of rotatable bonds is 3. The molecule has 0 saturated carbocycles. The average Bonchev–Trinajstić information content (AvgIpc) is 2.43. The lowest BCUT2D eigenvalue weighted by Crippen LogP contribution is -2.13. The van der Waals surface area contributed by atoms with Crippen LogP contribution in [0.1, 0.15) is 21.5 Å². The predicted molar refractivity (Wildman–Crippen MR) is 79.9 cm³/mol. The topological polar surface area (TPSA) is 41.1 Å². The number of benzene rings is 2. The molecule has 3 nitrogen and oxygen atoms in total. The molecule has 0 aliphatic rings. The van der Waals surface area contributed by atoms with E-state index in [0.717, 1.165) is 22.5 Å². The highest BCUT2D eigenvalue weighted by atomic mass is 16.1. The van der Waals surface area contributed by atoms with Crippen molar-refractivity contribution in [3.63, 3.8) is 0 Å². The first-order valence-electron chi connectivity index (χ1n) is 6.27. The molecule has 2 aromatic rings. The maximum atomic E-state index is 12.2. The van der Waals surface area contributed by atoms with Crippen LogP contribution >= 0.6 is 0 Å². The fourth-order valence-electron chi connectivity index (χ4n) is 1.99. The largest absolute Gasteiger partial charge is 0.388 e. The van der Waals surface area contributed by atoms with Crippen molar-refractivity contribution in [3.05, 3.63) is 59.2 Å². The summed E-state index contributed by atoms with van der Waals surface area (Å²) in [7, 11) is 1.85. The van der Waals surface area contributed by atoms with Gasteiger partial charge >= 0.3 is 0 Å². The van der Waals surface area contributed by atoms with Crippen LogP contribution in [0, 0.1) is 13.8 Å². The van der Waals surface area contributed by atoms with Crippen LogP contribution < -0.4 is 10.6 Å². The summed E-state index contributed by atoms with van der Waals surface area (Å²) in [4.78, 5) is 12.2. The number of anilines is 2. The smallest absolute Gasteiger partial charge is 0.255 e. The van der Waals surface area contributed by atoms with Gasteiger partial charge in [0.25, 0.3) is 5.91 Å². The Kier molecular flexibility index (Phi) is 3.85. The van der Waals surface area contributed by atoms with Crippen molar-refractivity contribution in [2.24, 2.45) is 0 Å². The number of nitrogens with one attached hydrogen (secondary N) is 2. The molecule has 2 aromatic carbocycles. The Bertz CT molecular complexity index is 568. The highest BCUT2D eigenvalue weighted by Crippen LogP contribution is 2.20. The molecule has 0 bridgehead atoms. The molecule has 0 saturated heterocycles. The molecule has 0 aliphatic heterocycles. The van der Waals surface area contributed by atoms with Crippen molar-refractivity contribution in [1.29, 1.82) is 0 Å². The SMILES string of the molecule is CNc1ccc(C(=O)Nc2c(C)cccc2C)cc1. The highest BCUT2D eigenvalue weighted by Gasteiger charge is 2.09. The second kappa shape index (κ2) is 5.57. The molecule has 19 heavy (non-hydrogen) atoms. The molecular formula is C16H18N2O. The molecule has 0 spiro atoms. The molecule has 0 atom stereocenters. The predicted octanol–water partition coefficient (Wildman–Crippen LogP) is 3.60. The minimum Gasteiger partial charge on any atom is -0.388 e. The van der Waals surface area contributed by atoms with E-state index >= 15 is 0 Å². The van der Waals surface area contributed by atoms with Crippen LogP contribution in [-0.4, -0.2) is 13.0 Å². The second-order valence-corrected chi connectivity index (χ2v) is 4.55. The Morgan fingerprint density at radius 1 is 0.947 bits per heavy atom. The van der Waals surface area contributed by atoms with Gasteiger partial charge in [0.05, 0.1) is 0 Å². The van der Waals surface area contributed by atoms with Gasteiger partial charge in [0.1, 0.15) is 0 Å². The number of para-hydroxylation sites is 1. The number of hydrogen-bond acceptors (Lipinski definition) is 2. The quantitative estimate of drug-likeness (QED) is 0.878. The second-order valence-electron chi connectivity index (χ2n) is 4.55. The Labute approximate surface area is 113 Å². The van der Waals surface area contributed by atoms with Gasteiger partial charge in [0.2, 0.25) is 0 Å². The zero-order valence-corrected chi connectivity index (χ0v) is 11.4. The van der Waals surface area contributed by atoms with E-state index in [1.165, 1.54) is 0 Å². The van der Waals surface area contributed by atoms with E-state index < -0.39 is 0 Å². The summed E-state index contributed by atoms with van der Waals surface area (Å²) in [5.74, 6) is -0.0833. The molecule has 0 heterocycles. The van der Waals surface area contributed by atoms with Crippen molar-refractivity contribution in [2.75, 3.05) is 17.7 Å². The zero-order valence-electron chi connectivity index (χ0n) is 11.4. The Morgan fingerprint density at radius 2 is 1.53 bits per heavy atom. The summed E-state index contributed by atoms with van der Waals surface area (Å²) >= 11 is 0. The van der Waals surface area contributed by atoms with Gasteiger partial charge < -0.3 is 10.6 Å². The van der Waals surface area contributed by atoms with Crippen LogP contribution in [-0.2, 0) is 0 Å². The Balaban J connectivity index is 2.20. The first kappa shape index (κ1) is 13.1. The van der Waals surface area contributed by atoms with Crippen molar-refractivity contribution >= 4 is 17.3 Å². The van der Waals surface area contributed by atoms with E-state index in [9.17, 15) is 4.79 Å². The molecule has 0 aromatic heterocycles. The summed E-state index contributed by atoms with van der Waals surface area (Å²) in [6, 6.07) is 13.4. The van der Waals surface area contributed by atoms with Crippen molar-refractivity contribution < 1.29 is 4.79 Å². The maximum absolute atomic E-state index is 12.2. The zero-order chi connectivity index (χ0) is 13.8. The number of carbonyl (C=O) groups is 1. The van der Waals surface area contributed by atoms with E-state index in [2.05, 4.69) is 10.6 Å². The van der Waals surface area contributed by atoms with E-state index in [1.807, 2.05) is 63.4 Å².